The number of benzene rings is 1. The number of carbonyl (C=O) groups excluding carboxylic acids is 2. The second-order valence-corrected chi connectivity index (χ2v) is 9.98. The van der Waals surface area contributed by atoms with Crippen LogP contribution in [-0.2, 0) is 22.7 Å². The minimum Gasteiger partial charge on any atom is -0.349 e. The van der Waals surface area contributed by atoms with Gasteiger partial charge >= 0.3 is 0 Å². The van der Waals surface area contributed by atoms with Crippen molar-refractivity contribution in [3.63, 3.8) is 0 Å². The molecule has 1 heterocycles. The van der Waals surface area contributed by atoms with Gasteiger partial charge in [-0.1, -0.05) is 50.7 Å². The van der Waals surface area contributed by atoms with Gasteiger partial charge in [-0.2, -0.15) is 0 Å². The molecular formula is C26H36N4O2. The molecule has 0 atom stereocenters. The van der Waals surface area contributed by atoms with Crippen molar-refractivity contribution in [2.75, 3.05) is 0 Å². The van der Waals surface area contributed by atoms with Gasteiger partial charge in [-0.3, -0.25) is 9.59 Å². The van der Waals surface area contributed by atoms with Crippen molar-refractivity contribution in [3.8, 4) is 0 Å². The van der Waals surface area contributed by atoms with Crippen LogP contribution >= 0.6 is 0 Å². The minimum atomic E-state index is 0.112. The van der Waals surface area contributed by atoms with Crippen LogP contribution in [0.2, 0.25) is 0 Å². The zero-order valence-electron chi connectivity index (χ0n) is 19.1. The number of carbonyl (C=O) groups is 2. The summed E-state index contributed by atoms with van der Waals surface area (Å²) < 4.78 is 2.05. The van der Waals surface area contributed by atoms with E-state index in [1.54, 1.807) is 0 Å². The van der Waals surface area contributed by atoms with Gasteiger partial charge in [0.2, 0.25) is 11.8 Å². The molecule has 2 amide bonds. The number of fused-ring (bicyclic) bond motifs is 1. The number of hydrogen-bond acceptors (Lipinski definition) is 3. The van der Waals surface area contributed by atoms with Crippen LogP contribution in [0.4, 0.5) is 0 Å². The third kappa shape index (κ3) is 4.69. The van der Waals surface area contributed by atoms with Gasteiger partial charge in [0.1, 0.15) is 12.4 Å². The molecule has 0 aliphatic heterocycles. The van der Waals surface area contributed by atoms with Gasteiger partial charge in [-0.25, -0.2) is 4.98 Å². The fraction of sp³-hybridized carbons (Fsp3) is 0.654. The molecule has 3 aliphatic rings. The summed E-state index contributed by atoms with van der Waals surface area (Å²) in [7, 11) is 0. The average molecular weight is 437 g/mol. The number of nitrogens with zero attached hydrogens (tertiary/aromatic N) is 3. The van der Waals surface area contributed by atoms with E-state index in [1.165, 1.54) is 38.5 Å². The number of para-hydroxylation sites is 2. The first-order valence-corrected chi connectivity index (χ1v) is 12.7. The summed E-state index contributed by atoms with van der Waals surface area (Å²) in [6, 6.07) is 8.76. The van der Waals surface area contributed by atoms with E-state index >= 15 is 0 Å². The van der Waals surface area contributed by atoms with Gasteiger partial charge < -0.3 is 14.8 Å². The summed E-state index contributed by atoms with van der Waals surface area (Å²) in [4.78, 5) is 33.1. The number of hydrogen-bond donors (Lipinski definition) is 1. The van der Waals surface area contributed by atoms with E-state index < -0.39 is 0 Å². The SMILES string of the molecule is O=C(NCc1nc2ccccc2n1CC(=O)N(C1CCCCC1)C1CCCCC1)C1CC1. The summed E-state index contributed by atoms with van der Waals surface area (Å²) in [5.41, 5.74) is 1.86. The molecule has 0 spiro atoms. The number of rotatable bonds is 7. The van der Waals surface area contributed by atoms with Crippen LogP contribution in [-0.4, -0.2) is 38.3 Å². The number of aromatic nitrogens is 2. The first kappa shape index (κ1) is 21.5. The maximum atomic E-state index is 13.9. The van der Waals surface area contributed by atoms with Crippen LogP contribution in [0.5, 0.6) is 0 Å². The van der Waals surface area contributed by atoms with Crippen molar-refractivity contribution >= 4 is 22.8 Å². The molecule has 1 N–H and O–H groups in total. The second-order valence-electron chi connectivity index (χ2n) is 9.98. The standard InChI is InChI=1S/C26H36N4O2/c31-25(30(20-9-3-1-4-10-20)21-11-5-2-6-12-21)18-29-23-14-8-7-13-22(23)28-24(29)17-27-26(32)19-15-16-19/h7-8,13-14,19-21H,1-6,9-12,15-18H2,(H,27,32). The summed E-state index contributed by atoms with van der Waals surface area (Å²) >= 11 is 0. The normalized spacial score (nSPS) is 20.4. The van der Waals surface area contributed by atoms with E-state index in [2.05, 4.69) is 10.2 Å². The van der Waals surface area contributed by atoms with Gasteiger partial charge in [-0.05, 0) is 50.7 Å². The molecule has 32 heavy (non-hydrogen) atoms. The fourth-order valence-electron chi connectivity index (χ4n) is 5.73. The zero-order chi connectivity index (χ0) is 21.9. The van der Waals surface area contributed by atoms with Crippen LogP contribution in [0.25, 0.3) is 11.0 Å². The Morgan fingerprint density at radius 1 is 0.906 bits per heavy atom. The second kappa shape index (κ2) is 9.63. The predicted molar refractivity (Wildman–Crippen MR) is 125 cm³/mol. The average Bonchev–Trinajstić information content (AvgIpc) is 3.63. The first-order chi connectivity index (χ1) is 15.7. The minimum absolute atomic E-state index is 0.112. The van der Waals surface area contributed by atoms with E-state index in [9.17, 15) is 9.59 Å². The highest BCUT2D eigenvalue weighted by Crippen LogP contribution is 2.31. The largest absolute Gasteiger partial charge is 0.349 e. The molecule has 3 saturated carbocycles. The van der Waals surface area contributed by atoms with Gasteiger partial charge in [0.05, 0.1) is 17.6 Å². The Morgan fingerprint density at radius 2 is 1.53 bits per heavy atom. The predicted octanol–water partition coefficient (Wildman–Crippen LogP) is 4.56. The third-order valence-corrected chi connectivity index (χ3v) is 7.62. The lowest BCUT2D eigenvalue weighted by Crippen LogP contribution is -2.50. The zero-order valence-corrected chi connectivity index (χ0v) is 19.1. The topological polar surface area (TPSA) is 67.2 Å². The van der Waals surface area contributed by atoms with Crippen LogP contribution in [0.15, 0.2) is 24.3 Å². The van der Waals surface area contributed by atoms with Crippen LogP contribution in [0, 0.1) is 5.92 Å². The van der Waals surface area contributed by atoms with Gasteiger partial charge in [0.15, 0.2) is 0 Å². The summed E-state index contributed by atoms with van der Waals surface area (Å²) in [5.74, 6) is 1.28. The van der Waals surface area contributed by atoms with E-state index in [0.717, 1.165) is 55.4 Å². The highest BCUT2D eigenvalue weighted by atomic mass is 16.2. The van der Waals surface area contributed by atoms with E-state index in [-0.39, 0.29) is 17.7 Å². The maximum Gasteiger partial charge on any atom is 0.243 e. The molecule has 0 saturated heterocycles. The molecule has 3 aliphatic carbocycles. The Morgan fingerprint density at radius 3 is 2.16 bits per heavy atom. The Balaban J connectivity index is 1.39. The van der Waals surface area contributed by atoms with Gasteiger partial charge in [0.25, 0.3) is 0 Å². The van der Waals surface area contributed by atoms with Crippen LogP contribution in [0.1, 0.15) is 82.9 Å². The van der Waals surface area contributed by atoms with Crippen molar-refractivity contribution in [1.29, 1.82) is 0 Å². The van der Waals surface area contributed by atoms with Crippen molar-refractivity contribution in [1.82, 2.24) is 19.8 Å². The molecular weight excluding hydrogens is 400 g/mol. The lowest BCUT2D eigenvalue weighted by atomic mass is 9.88. The third-order valence-electron chi connectivity index (χ3n) is 7.62. The van der Waals surface area contributed by atoms with E-state index in [1.807, 2.05) is 28.8 Å². The Labute approximate surface area is 190 Å². The van der Waals surface area contributed by atoms with Gasteiger partial charge in [0, 0.05) is 18.0 Å². The monoisotopic (exact) mass is 436 g/mol. The first-order valence-electron chi connectivity index (χ1n) is 12.7. The maximum absolute atomic E-state index is 13.9. The molecule has 6 nitrogen and oxygen atoms in total. The molecule has 3 fully saturated rings. The molecule has 0 bridgehead atoms. The Bertz CT molecular complexity index is 934. The molecule has 5 rings (SSSR count). The fourth-order valence-corrected chi connectivity index (χ4v) is 5.73. The van der Waals surface area contributed by atoms with Crippen molar-refractivity contribution < 1.29 is 9.59 Å². The number of imidazole rings is 1. The molecule has 0 radical (unpaired) electrons. The van der Waals surface area contributed by atoms with E-state index in [0.29, 0.717) is 25.2 Å². The lowest BCUT2D eigenvalue weighted by molar-refractivity contribution is -0.138. The summed E-state index contributed by atoms with van der Waals surface area (Å²) in [6.07, 6.45) is 14.0. The number of nitrogens with one attached hydrogen (secondary N) is 1. The van der Waals surface area contributed by atoms with Gasteiger partial charge in [-0.15, -0.1) is 0 Å². The van der Waals surface area contributed by atoms with Crippen LogP contribution < -0.4 is 5.32 Å². The molecule has 172 valence electrons. The Kier molecular flexibility index (Phi) is 6.47. The lowest BCUT2D eigenvalue weighted by Gasteiger charge is -2.42. The van der Waals surface area contributed by atoms with Crippen molar-refractivity contribution in [2.45, 2.75) is 102 Å². The molecule has 1 aromatic heterocycles. The Hall–Kier alpha value is -2.37. The smallest absolute Gasteiger partial charge is 0.243 e. The quantitative estimate of drug-likeness (QED) is 0.692. The molecule has 1 aromatic carbocycles. The molecule has 6 heteroatoms. The highest BCUT2D eigenvalue weighted by molar-refractivity contribution is 5.82. The number of amides is 2. The molecule has 0 unspecified atom stereocenters. The summed E-state index contributed by atoms with van der Waals surface area (Å²) in [5, 5.41) is 3.04. The van der Waals surface area contributed by atoms with Crippen molar-refractivity contribution in [3.05, 3.63) is 30.1 Å². The highest BCUT2D eigenvalue weighted by Gasteiger charge is 2.33. The van der Waals surface area contributed by atoms with Crippen LogP contribution in [0.3, 0.4) is 0 Å². The van der Waals surface area contributed by atoms with E-state index in [4.69, 9.17) is 4.98 Å². The summed E-state index contributed by atoms with van der Waals surface area (Å²) in [6.45, 7) is 0.687. The van der Waals surface area contributed by atoms with Crippen molar-refractivity contribution in [2.24, 2.45) is 5.92 Å². The molecule has 2 aromatic rings.